The van der Waals surface area contributed by atoms with Crippen LogP contribution in [-0.4, -0.2) is 74.8 Å². The largest absolute Gasteiger partial charge is 0.504 e. The average Bonchev–Trinajstić information content (AvgIpc) is 2.86. The van der Waals surface area contributed by atoms with Crippen LogP contribution in [0.25, 0.3) is 11.4 Å². The number of nitrogens with zero attached hydrogens (tertiary/aromatic N) is 5. The Bertz CT molecular complexity index is 1140. The monoisotopic (exact) mass is 451 g/mol. The van der Waals surface area contributed by atoms with Crippen molar-refractivity contribution in [2.24, 2.45) is 0 Å². The number of phenols is 3. The molecule has 4 N–H and O–H groups in total. The van der Waals surface area contributed by atoms with Gasteiger partial charge in [-0.2, -0.15) is 15.0 Å². The Morgan fingerprint density at radius 2 is 1.61 bits per heavy atom. The van der Waals surface area contributed by atoms with E-state index in [0.717, 1.165) is 12.0 Å². The highest BCUT2D eigenvalue weighted by atomic mass is 16.5. The summed E-state index contributed by atoms with van der Waals surface area (Å²) >= 11 is 0. The molecule has 5 rings (SSSR count). The van der Waals surface area contributed by atoms with Gasteiger partial charge < -0.3 is 35.0 Å². The van der Waals surface area contributed by atoms with Gasteiger partial charge in [-0.15, -0.1) is 0 Å². The quantitative estimate of drug-likeness (QED) is 0.433. The molecule has 0 amide bonds. The summed E-state index contributed by atoms with van der Waals surface area (Å²) < 4.78 is 5.45. The molecule has 10 nitrogen and oxygen atoms in total. The standard InChI is InChI=1S/C23H25N5O5/c29-13-17-16-4-2-1-3-14(16)5-6-28(17)23-25-21(15-11-18(30)20(32)19(31)12-15)24-22(26-23)27-7-9-33-10-8-27/h1-4,11-12,17,29-32H,5-10,13H2. The number of hydrogen-bond donors (Lipinski definition) is 4. The Hall–Kier alpha value is -3.63. The number of ether oxygens (including phenoxy) is 1. The van der Waals surface area contributed by atoms with Gasteiger partial charge in [0.15, 0.2) is 23.1 Å². The highest BCUT2D eigenvalue weighted by Gasteiger charge is 2.30. The van der Waals surface area contributed by atoms with Crippen LogP contribution >= 0.6 is 0 Å². The van der Waals surface area contributed by atoms with E-state index < -0.39 is 17.2 Å². The summed E-state index contributed by atoms with van der Waals surface area (Å²) in [5.74, 6) is -0.472. The number of aliphatic hydroxyl groups is 1. The fourth-order valence-corrected chi connectivity index (χ4v) is 4.34. The molecular weight excluding hydrogens is 426 g/mol. The van der Waals surface area contributed by atoms with Crippen molar-refractivity contribution in [1.82, 2.24) is 15.0 Å². The maximum atomic E-state index is 10.2. The summed E-state index contributed by atoms with van der Waals surface area (Å²) in [6, 6.07) is 10.3. The Balaban J connectivity index is 1.62. The van der Waals surface area contributed by atoms with Crippen molar-refractivity contribution in [2.45, 2.75) is 12.5 Å². The first-order valence-corrected chi connectivity index (χ1v) is 10.8. The van der Waals surface area contributed by atoms with Crippen LogP contribution < -0.4 is 9.80 Å². The first-order chi connectivity index (χ1) is 16.0. The van der Waals surface area contributed by atoms with Crippen molar-refractivity contribution in [2.75, 3.05) is 49.3 Å². The molecule has 2 aliphatic rings. The zero-order valence-corrected chi connectivity index (χ0v) is 17.9. The lowest BCUT2D eigenvalue weighted by atomic mass is 9.93. The maximum absolute atomic E-state index is 10.2. The minimum atomic E-state index is -0.602. The van der Waals surface area contributed by atoms with Crippen molar-refractivity contribution in [3.63, 3.8) is 0 Å². The molecule has 0 aliphatic carbocycles. The van der Waals surface area contributed by atoms with E-state index in [1.54, 1.807) is 0 Å². The zero-order valence-electron chi connectivity index (χ0n) is 17.9. The van der Waals surface area contributed by atoms with E-state index in [9.17, 15) is 20.4 Å². The number of aliphatic hydroxyl groups excluding tert-OH is 1. The van der Waals surface area contributed by atoms with Gasteiger partial charge in [0.1, 0.15) is 0 Å². The summed E-state index contributed by atoms with van der Waals surface area (Å²) in [5.41, 5.74) is 2.55. The molecule has 1 saturated heterocycles. The Kier molecular flexibility index (Phi) is 5.61. The molecule has 0 spiro atoms. The average molecular weight is 451 g/mol. The molecule has 1 fully saturated rings. The van der Waals surface area contributed by atoms with Gasteiger partial charge in [0.05, 0.1) is 25.9 Å². The third-order valence-corrected chi connectivity index (χ3v) is 6.08. The second kappa shape index (κ2) is 8.72. The summed E-state index contributed by atoms with van der Waals surface area (Å²) in [4.78, 5) is 17.9. The van der Waals surface area contributed by atoms with Crippen LogP contribution in [-0.2, 0) is 11.2 Å². The molecule has 0 radical (unpaired) electrons. The van der Waals surface area contributed by atoms with Crippen molar-refractivity contribution in [3.05, 3.63) is 47.5 Å². The number of benzene rings is 2. The summed E-state index contributed by atoms with van der Waals surface area (Å²) in [6.45, 7) is 2.83. The van der Waals surface area contributed by atoms with Crippen molar-refractivity contribution in [3.8, 4) is 28.6 Å². The van der Waals surface area contributed by atoms with Gasteiger partial charge >= 0.3 is 0 Å². The molecule has 0 saturated carbocycles. The predicted octanol–water partition coefficient (Wildman–Crippen LogP) is 1.59. The molecule has 0 bridgehead atoms. The van der Waals surface area contributed by atoms with Crippen molar-refractivity contribution >= 4 is 11.9 Å². The molecule has 1 aromatic heterocycles. The molecule has 1 unspecified atom stereocenters. The van der Waals surface area contributed by atoms with Gasteiger partial charge in [-0.1, -0.05) is 24.3 Å². The highest BCUT2D eigenvalue weighted by molar-refractivity contribution is 5.67. The first kappa shape index (κ1) is 21.2. The molecule has 33 heavy (non-hydrogen) atoms. The highest BCUT2D eigenvalue weighted by Crippen LogP contribution is 2.39. The fourth-order valence-electron chi connectivity index (χ4n) is 4.34. The SMILES string of the molecule is OCC1c2ccccc2CCN1c1nc(-c2cc(O)c(O)c(O)c2)nc(N2CCOCC2)n1. The van der Waals surface area contributed by atoms with E-state index in [0.29, 0.717) is 50.3 Å². The van der Waals surface area contributed by atoms with Crippen LogP contribution in [0.2, 0.25) is 0 Å². The minimum absolute atomic E-state index is 0.105. The van der Waals surface area contributed by atoms with Gasteiger partial charge in [0.25, 0.3) is 0 Å². The third kappa shape index (κ3) is 3.98. The number of aromatic hydroxyl groups is 3. The number of hydrogen-bond acceptors (Lipinski definition) is 10. The van der Waals surface area contributed by atoms with Crippen LogP contribution in [0.5, 0.6) is 17.2 Å². The molecule has 1 atom stereocenters. The van der Waals surface area contributed by atoms with E-state index in [1.807, 2.05) is 28.0 Å². The van der Waals surface area contributed by atoms with Crippen LogP contribution in [0.1, 0.15) is 17.2 Å². The number of fused-ring (bicyclic) bond motifs is 1. The predicted molar refractivity (Wildman–Crippen MR) is 121 cm³/mol. The summed E-state index contributed by atoms with van der Waals surface area (Å²) in [5, 5.41) is 40.0. The van der Waals surface area contributed by atoms with Gasteiger partial charge in [0, 0.05) is 25.2 Å². The third-order valence-electron chi connectivity index (χ3n) is 6.08. The molecular formula is C23H25N5O5. The van der Waals surface area contributed by atoms with E-state index in [-0.39, 0.29) is 18.5 Å². The topological polar surface area (TPSA) is 135 Å². The Morgan fingerprint density at radius 3 is 2.33 bits per heavy atom. The lowest BCUT2D eigenvalue weighted by molar-refractivity contribution is 0.122. The zero-order chi connectivity index (χ0) is 22.9. The Morgan fingerprint density at radius 1 is 0.909 bits per heavy atom. The lowest BCUT2D eigenvalue weighted by Crippen LogP contribution is -2.40. The van der Waals surface area contributed by atoms with Gasteiger partial charge in [-0.05, 0) is 29.7 Å². The van der Waals surface area contributed by atoms with E-state index >= 15 is 0 Å². The molecule has 172 valence electrons. The smallest absolute Gasteiger partial charge is 0.231 e. The lowest BCUT2D eigenvalue weighted by Gasteiger charge is -2.37. The van der Waals surface area contributed by atoms with Gasteiger partial charge in [-0.3, -0.25) is 0 Å². The molecule has 3 aromatic rings. The molecule has 3 heterocycles. The van der Waals surface area contributed by atoms with Crippen molar-refractivity contribution in [1.29, 1.82) is 0 Å². The normalized spacial score (nSPS) is 18.3. The maximum Gasteiger partial charge on any atom is 0.231 e. The summed E-state index contributed by atoms with van der Waals surface area (Å²) in [7, 11) is 0. The van der Waals surface area contributed by atoms with Crippen LogP contribution in [0.4, 0.5) is 11.9 Å². The minimum Gasteiger partial charge on any atom is -0.504 e. The van der Waals surface area contributed by atoms with Crippen molar-refractivity contribution < 1.29 is 25.2 Å². The second-order valence-electron chi connectivity index (χ2n) is 8.06. The second-order valence-corrected chi connectivity index (χ2v) is 8.06. The molecule has 2 aromatic carbocycles. The van der Waals surface area contributed by atoms with Crippen LogP contribution in [0, 0.1) is 0 Å². The number of aromatic nitrogens is 3. The fraction of sp³-hybridized carbons (Fsp3) is 0.348. The van der Waals surface area contributed by atoms with E-state index in [1.165, 1.54) is 17.7 Å². The van der Waals surface area contributed by atoms with Gasteiger partial charge in [0.2, 0.25) is 11.9 Å². The number of morpholine rings is 1. The molecule has 10 heteroatoms. The number of anilines is 2. The van der Waals surface area contributed by atoms with E-state index in [2.05, 4.69) is 16.0 Å². The first-order valence-electron chi connectivity index (χ1n) is 10.8. The van der Waals surface area contributed by atoms with E-state index in [4.69, 9.17) is 9.72 Å². The Labute approximate surface area is 190 Å². The summed E-state index contributed by atoms with van der Waals surface area (Å²) in [6.07, 6.45) is 0.779. The molecule has 2 aliphatic heterocycles. The number of rotatable bonds is 4. The van der Waals surface area contributed by atoms with Gasteiger partial charge in [-0.25, -0.2) is 0 Å². The van der Waals surface area contributed by atoms with Crippen LogP contribution in [0.15, 0.2) is 36.4 Å². The number of phenolic OH excluding ortho intramolecular Hbond substituents is 3. The van der Waals surface area contributed by atoms with Crippen LogP contribution in [0.3, 0.4) is 0 Å².